The van der Waals surface area contributed by atoms with Gasteiger partial charge in [-0.3, -0.25) is 14.6 Å². The molecule has 7 rings (SSSR count). The van der Waals surface area contributed by atoms with Crippen molar-refractivity contribution in [3.63, 3.8) is 0 Å². The van der Waals surface area contributed by atoms with Crippen molar-refractivity contribution in [3.8, 4) is 5.75 Å². The number of aliphatic hydroxyl groups excluding tert-OH is 1. The molecule has 5 aliphatic rings. The molecule has 35 heavy (non-hydrogen) atoms. The van der Waals surface area contributed by atoms with Crippen LogP contribution in [0.5, 0.6) is 5.75 Å². The Hall–Kier alpha value is -3.07. The van der Waals surface area contributed by atoms with E-state index < -0.39 is 17.9 Å². The van der Waals surface area contributed by atoms with Crippen LogP contribution in [0.2, 0.25) is 0 Å². The average molecular weight is 488 g/mol. The highest BCUT2D eigenvalue weighted by Crippen LogP contribution is 2.48. The molecule has 3 unspecified atom stereocenters. The molecule has 4 heterocycles. The standard InChI is InChI=1S/C27H25N3O4S/c31-20-9-11-29-25(26(20)32)27(33)28-10-8-16-12-18(16)13-34-21-6-3-4-17-14-35-22-7-2-1-5-19(22)24(23(17)21)30(29)15-28/h1-7,9,11-12,16,24-26,32H,8,10,13-15H2/t16-,24+,25?,26?/m1/s1. The summed E-state index contributed by atoms with van der Waals surface area (Å²) in [6.07, 6.45) is 4.66. The Morgan fingerprint density at radius 3 is 2.89 bits per heavy atom. The van der Waals surface area contributed by atoms with Crippen LogP contribution in [0.4, 0.5) is 0 Å². The van der Waals surface area contributed by atoms with Crippen LogP contribution < -0.4 is 4.74 Å². The van der Waals surface area contributed by atoms with Gasteiger partial charge in [0, 0.05) is 41.0 Å². The zero-order valence-corrected chi connectivity index (χ0v) is 19.9. The van der Waals surface area contributed by atoms with Crippen LogP contribution in [0.15, 0.2) is 71.3 Å². The Morgan fingerprint density at radius 1 is 1.09 bits per heavy atom. The third-order valence-corrected chi connectivity index (χ3v) is 8.79. The number of fused-ring (bicyclic) bond motifs is 8. The molecule has 2 bridgehead atoms. The van der Waals surface area contributed by atoms with Crippen molar-refractivity contribution in [1.29, 1.82) is 0 Å². The van der Waals surface area contributed by atoms with Crippen LogP contribution >= 0.6 is 11.8 Å². The molecule has 1 N–H and O–H groups in total. The van der Waals surface area contributed by atoms with Gasteiger partial charge in [0.15, 0.2) is 11.8 Å². The van der Waals surface area contributed by atoms with Crippen LogP contribution in [0, 0.1) is 5.92 Å². The molecule has 0 radical (unpaired) electrons. The van der Waals surface area contributed by atoms with Gasteiger partial charge >= 0.3 is 0 Å². The molecule has 2 aromatic carbocycles. The van der Waals surface area contributed by atoms with Gasteiger partial charge in [-0.25, -0.2) is 0 Å². The van der Waals surface area contributed by atoms with E-state index in [0.717, 1.165) is 29.1 Å². The van der Waals surface area contributed by atoms with Crippen LogP contribution in [0.1, 0.15) is 29.2 Å². The summed E-state index contributed by atoms with van der Waals surface area (Å²) in [6.45, 7) is 1.47. The lowest BCUT2D eigenvalue weighted by atomic mass is 9.92. The summed E-state index contributed by atoms with van der Waals surface area (Å²) in [5.41, 5.74) is 4.66. The fraction of sp³-hybridized carbons (Fsp3) is 0.333. The summed E-state index contributed by atoms with van der Waals surface area (Å²) in [5, 5.41) is 14.8. The third kappa shape index (κ3) is 3.35. The molecule has 1 fully saturated rings. The number of nitrogens with zero attached hydrogens (tertiary/aromatic N) is 3. The number of amides is 1. The number of carbonyl (C=O) groups excluding carboxylic acids is 2. The number of hydrazine groups is 1. The number of hydrogen-bond donors (Lipinski definition) is 1. The summed E-state index contributed by atoms with van der Waals surface area (Å²) in [4.78, 5) is 29.0. The number of benzene rings is 2. The third-order valence-electron chi connectivity index (χ3n) is 7.66. The smallest absolute Gasteiger partial charge is 0.251 e. The summed E-state index contributed by atoms with van der Waals surface area (Å²) >= 11 is 1.80. The predicted octanol–water partition coefficient (Wildman–Crippen LogP) is 2.87. The highest BCUT2D eigenvalue weighted by molar-refractivity contribution is 7.98. The van der Waals surface area contributed by atoms with Crippen LogP contribution in [-0.4, -0.2) is 63.7 Å². The highest BCUT2D eigenvalue weighted by Gasteiger charge is 2.49. The number of thioether (sulfide) groups is 1. The topological polar surface area (TPSA) is 73.3 Å². The Labute approximate surface area is 207 Å². The fourth-order valence-corrected chi connectivity index (χ4v) is 6.82. The number of rotatable bonds is 0. The zero-order valence-electron chi connectivity index (χ0n) is 19.0. The Bertz CT molecular complexity index is 1310. The van der Waals surface area contributed by atoms with Crippen LogP contribution in [0.25, 0.3) is 0 Å². The highest BCUT2D eigenvalue weighted by atomic mass is 32.2. The first-order valence-corrected chi connectivity index (χ1v) is 13.0. The number of hydrogen-bond acceptors (Lipinski definition) is 7. The molecule has 7 nitrogen and oxygen atoms in total. The molecule has 178 valence electrons. The van der Waals surface area contributed by atoms with Gasteiger partial charge in [0.05, 0.1) is 12.7 Å². The van der Waals surface area contributed by atoms with Crippen molar-refractivity contribution < 1.29 is 19.4 Å². The van der Waals surface area contributed by atoms with Gasteiger partial charge in [-0.1, -0.05) is 36.4 Å². The van der Waals surface area contributed by atoms with Crippen molar-refractivity contribution in [2.24, 2.45) is 5.92 Å². The molecular weight excluding hydrogens is 462 g/mol. The lowest BCUT2D eigenvalue weighted by molar-refractivity contribution is -0.185. The number of allylic oxidation sites excluding steroid dienone is 1. The molecule has 2 aromatic rings. The number of carbonyl (C=O) groups is 2. The van der Waals surface area contributed by atoms with E-state index in [9.17, 15) is 14.7 Å². The molecule has 1 aliphatic carbocycles. The van der Waals surface area contributed by atoms with E-state index in [1.807, 2.05) is 29.2 Å². The minimum atomic E-state index is -1.40. The molecule has 8 heteroatoms. The first-order chi connectivity index (χ1) is 17.1. The van der Waals surface area contributed by atoms with E-state index in [-0.39, 0.29) is 11.9 Å². The van der Waals surface area contributed by atoms with Gasteiger partial charge in [-0.2, -0.15) is 5.01 Å². The van der Waals surface area contributed by atoms with Gasteiger partial charge in [0.1, 0.15) is 18.5 Å². The Morgan fingerprint density at radius 2 is 1.97 bits per heavy atom. The molecule has 1 amide bonds. The number of ether oxygens (including phenoxy) is 1. The van der Waals surface area contributed by atoms with E-state index in [2.05, 4.69) is 29.3 Å². The van der Waals surface area contributed by atoms with E-state index in [0.29, 0.717) is 25.7 Å². The Balaban J connectivity index is 1.46. The van der Waals surface area contributed by atoms with Gasteiger partial charge in [-0.15, -0.1) is 11.8 Å². The minimum Gasteiger partial charge on any atom is -0.489 e. The van der Waals surface area contributed by atoms with E-state index in [4.69, 9.17) is 4.74 Å². The summed E-state index contributed by atoms with van der Waals surface area (Å²) in [6, 6.07) is 13.4. The Kier molecular flexibility index (Phi) is 4.84. The lowest BCUT2D eigenvalue weighted by Gasteiger charge is -2.52. The van der Waals surface area contributed by atoms with Gasteiger partial charge in [-0.05, 0) is 35.3 Å². The second-order valence-electron chi connectivity index (χ2n) is 9.65. The lowest BCUT2D eigenvalue weighted by Crippen LogP contribution is -2.68. The van der Waals surface area contributed by atoms with Crippen molar-refractivity contribution in [3.05, 3.63) is 83.1 Å². The number of aliphatic hydroxyl groups is 1. The summed E-state index contributed by atoms with van der Waals surface area (Å²) in [7, 11) is 0. The van der Waals surface area contributed by atoms with Crippen LogP contribution in [-0.2, 0) is 15.3 Å². The molecule has 0 spiro atoms. The summed E-state index contributed by atoms with van der Waals surface area (Å²) < 4.78 is 6.44. The average Bonchev–Trinajstić information content (AvgIpc) is 3.65. The molecule has 4 aliphatic heterocycles. The fourth-order valence-electron chi connectivity index (χ4n) is 5.74. The van der Waals surface area contributed by atoms with E-state index in [1.165, 1.54) is 22.1 Å². The number of ketones is 1. The quantitative estimate of drug-likeness (QED) is 0.573. The monoisotopic (exact) mass is 487 g/mol. The zero-order chi connectivity index (χ0) is 23.7. The largest absolute Gasteiger partial charge is 0.489 e. The predicted molar refractivity (Wildman–Crippen MR) is 130 cm³/mol. The first kappa shape index (κ1) is 21.2. The van der Waals surface area contributed by atoms with Crippen LogP contribution in [0.3, 0.4) is 0 Å². The normalized spacial score (nSPS) is 30.9. The SMILES string of the molecule is O=C1C=CN2C(C(=O)N3CC[C@@H]4C=C4COc4cccc5c4[C@H](c4ccccc4SC5)N2C3)C1O. The van der Waals surface area contributed by atoms with E-state index in [1.54, 1.807) is 23.0 Å². The minimum absolute atomic E-state index is 0.202. The molecule has 0 saturated carbocycles. The maximum atomic E-state index is 13.6. The van der Waals surface area contributed by atoms with Crippen molar-refractivity contribution >= 4 is 23.5 Å². The second-order valence-corrected chi connectivity index (χ2v) is 10.7. The van der Waals surface area contributed by atoms with Gasteiger partial charge < -0.3 is 14.7 Å². The maximum absolute atomic E-state index is 13.6. The summed E-state index contributed by atoms with van der Waals surface area (Å²) in [5.74, 6) is 1.35. The molecular formula is C27H25N3O4S. The first-order valence-electron chi connectivity index (χ1n) is 12.0. The molecule has 5 atom stereocenters. The maximum Gasteiger partial charge on any atom is 0.251 e. The van der Waals surface area contributed by atoms with Gasteiger partial charge in [0.2, 0.25) is 0 Å². The van der Waals surface area contributed by atoms with Gasteiger partial charge in [0.25, 0.3) is 5.91 Å². The molecule has 1 saturated heterocycles. The molecule has 0 aromatic heterocycles. The van der Waals surface area contributed by atoms with Crippen molar-refractivity contribution in [2.75, 3.05) is 19.8 Å². The second kappa shape index (κ2) is 7.98. The van der Waals surface area contributed by atoms with Crippen molar-refractivity contribution in [2.45, 2.75) is 35.3 Å². The van der Waals surface area contributed by atoms with Crippen molar-refractivity contribution in [1.82, 2.24) is 14.9 Å². The van der Waals surface area contributed by atoms with E-state index >= 15 is 0 Å².